The number of hydrogen-bond donors (Lipinski definition) is 2. The predicted octanol–water partition coefficient (Wildman–Crippen LogP) is 4.48. The molecule has 2 aromatic rings. The lowest BCUT2D eigenvalue weighted by molar-refractivity contribution is 0.0521. The molecule has 0 fully saturated rings. The van der Waals surface area contributed by atoms with Crippen molar-refractivity contribution >= 4 is 33.2 Å². The number of carbonyl (C=O) groups is 1. The van der Waals surface area contributed by atoms with E-state index in [1.54, 1.807) is 44.2 Å². The first-order valence-corrected chi connectivity index (χ1v) is 12.3. The molecule has 0 saturated heterocycles. The molecule has 8 heteroatoms. The van der Waals surface area contributed by atoms with Gasteiger partial charge in [-0.25, -0.2) is 13.2 Å². The van der Waals surface area contributed by atoms with Crippen molar-refractivity contribution in [1.29, 1.82) is 0 Å². The maximum atomic E-state index is 13.1. The van der Waals surface area contributed by atoms with Gasteiger partial charge in [-0.3, -0.25) is 5.32 Å². The lowest BCUT2D eigenvalue weighted by Crippen LogP contribution is -2.38. The second kappa shape index (κ2) is 9.18. The molecule has 31 heavy (non-hydrogen) atoms. The molecule has 0 unspecified atom stereocenters. The number of sulfone groups is 1. The largest absolute Gasteiger partial charge is 0.449 e. The molecule has 0 radical (unpaired) electrons. The average molecular weight is 466 g/mol. The van der Waals surface area contributed by atoms with Crippen LogP contribution in [0.1, 0.15) is 42.9 Å². The van der Waals surface area contributed by atoms with Crippen molar-refractivity contribution in [1.82, 2.24) is 0 Å². The molecule has 0 spiro atoms. The summed E-state index contributed by atoms with van der Waals surface area (Å²) >= 11 is 5.60. The van der Waals surface area contributed by atoms with Gasteiger partial charge in [0.25, 0.3) is 0 Å². The fourth-order valence-electron chi connectivity index (χ4n) is 4.01. The van der Waals surface area contributed by atoms with Gasteiger partial charge in [0.15, 0.2) is 9.84 Å². The third-order valence-electron chi connectivity index (χ3n) is 5.52. The number of amides is 1. The van der Waals surface area contributed by atoms with Crippen LogP contribution in [0.3, 0.4) is 0 Å². The van der Waals surface area contributed by atoms with E-state index in [4.69, 9.17) is 16.3 Å². The van der Waals surface area contributed by atoms with Gasteiger partial charge in [0.2, 0.25) is 0 Å². The molecular formula is C23H28ClNO5S. The van der Waals surface area contributed by atoms with Gasteiger partial charge in [0.1, 0.15) is 0 Å². The number of aliphatic hydroxyl groups is 1. The Morgan fingerprint density at radius 2 is 2.00 bits per heavy atom. The van der Waals surface area contributed by atoms with Crippen molar-refractivity contribution in [2.45, 2.75) is 44.1 Å². The summed E-state index contributed by atoms with van der Waals surface area (Å²) in [7, 11) is -3.58. The minimum absolute atomic E-state index is 0.154. The summed E-state index contributed by atoms with van der Waals surface area (Å²) < 4.78 is 31.3. The summed E-state index contributed by atoms with van der Waals surface area (Å²) in [6, 6.07) is 12.3. The van der Waals surface area contributed by atoms with E-state index >= 15 is 0 Å². The highest BCUT2D eigenvalue weighted by molar-refractivity contribution is 7.91. The average Bonchev–Trinajstić information content (AvgIpc) is 2.72. The lowest BCUT2D eigenvalue weighted by atomic mass is 9.75. The number of nitrogens with one attached hydrogen (secondary N) is 1. The van der Waals surface area contributed by atoms with Crippen molar-refractivity contribution in [2.75, 3.05) is 23.6 Å². The number of fused-ring (bicyclic) bond motifs is 1. The minimum Gasteiger partial charge on any atom is -0.449 e. The van der Waals surface area contributed by atoms with Gasteiger partial charge >= 0.3 is 6.09 Å². The number of aryl methyl sites for hydroxylation is 1. The molecule has 1 heterocycles. The third kappa shape index (κ3) is 5.22. The van der Waals surface area contributed by atoms with E-state index in [0.29, 0.717) is 29.1 Å². The highest BCUT2D eigenvalue weighted by atomic mass is 35.5. The first kappa shape index (κ1) is 23.6. The van der Waals surface area contributed by atoms with E-state index in [0.717, 1.165) is 5.56 Å². The zero-order valence-corrected chi connectivity index (χ0v) is 19.5. The summed E-state index contributed by atoms with van der Waals surface area (Å²) in [5.41, 5.74) is 1.81. The van der Waals surface area contributed by atoms with Gasteiger partial charge in [-0.05, 0) is 42.7 Å². The second-order valence-electron chi connectivity index (χ2n) is 8.64. The molecule has 3 rings (SSSR count). The van der Waals surface area contributed by atoms with Gasteiger partial charge in [-0.15, -0.1) is 11.6 Å². The maximum Gasteiger partial charge on any atom is 0.411 e. The van der Waals surface area contributed by atoms with Crippen LogP contribution in [0.4, 0.5) is 10.5 Å². The first-order chi connectivity index (χ1) is 14.5. The van der Waals surface area contributed by atoms with Gasteiger partial charge < -0.3 is 9.84 Å². The number of aliphatic hydroxyl groups excluding tert-OH is 1. The molecule has 2 aromatic carbocycles. The number of carbonyl (C=O) groups excluding carboxylic acids is 1. The van der Waals surface area contributed by atoms with Crippen LogP contribution in [0.5, 0.6) is 0 Å². The van der Waals surface area contributed by atoms with Crippen molar-refractivity contribution in [2.24, 2.45) is 5.41 Å². The fourth-order valence-corrected chi connectivity index (χ4v) is 6.25. The summed E-state index contributed by atoms with van der Waals surface area (Å²) in [5.74, 6) is -0.325. The molecule has 2 atom stereocenters. The van der Waals surface area contributed by atoms with Crippen LogP contribution in [0.15, 0.2) is 47.4 Å². The molecular weight excluding hydrogens is 438 g/mol. The summed E-state index contributed by atoms with van der Waals surface area (Å²) in [6.07, 6.45) is -0.984. The highest BCUT2D eigenvalue weighted by Crippen LogP contribution is 2.45. The highest BCUT2D eigenvalue weighted by Gasteiger charge is 2.44. The van der Waals surface area contributed by atoms with E-state index in [2.05, 4.69) is 5.32 Å². The molecule has 2 N–H and O–H groups in total. The Morgan fingerprint density at radius 1 is 1.26 bits per heavy atom. The standard InChI is InChI=1S/C23H28ClNO5S/c1-15-8-9-19-18(12-15)20(21(26)23(2,3)14-31(19,28)29)16-6-4-7-17(13-16)25-22(27)30-11-5-10-24/h4,6-9,12-13,20-21,26H,5,10-11,14H2,1-3H3,(H,25,27)/t20-,21-/m1/s1. The van der Waals surface area contributed by atoms with Crippen molar-refractivity contribution < 1.29 is 23.1 Å². The number of hydrogen-bond acceptors (Lipinski definition) is 5. The monoisotopic (exact) mass is 465 g/mol. The minimum atomic E-state index is -3.58. The molecule has 0 aliphatic carbocycles. The number of ether oxygens (including phenoxy) is 1. The van der Waals surface area contributed by atoms with E-state index in [1.165, 1.54) is 0 Å². The third-order valence-corrected chi connectivity index (χ3v) is 7.95. The van der Waals surface area contributed by atoms with Crippen molar-refractivity contribution in [3.8, 4) is 0 Å². The van der Waals surface area contributed by atoms with E-state index in [1.807, 2.05) is 19.1 Å². The van der Waals surface area contributed by atoms with E-state index in [-0.39, 0.29) is 17.3 Å². The van der Waals surface area contributed by atoms with Crippen LogP contribution < -0.4 is 5.32 Å². The molecule has 0 aromatic heterocycles. The first-order valence-electron chi connectivity index (χ1n) is 10.2. The van der Waals surface area contributed by atoms with Crippen LogP contribution >= 0.6 is 11.6 Å². The molecule has 1 aliphatic rings. The van der Waals surface area contributed by atoms with Gasteiger partial charge in [0.05, 0.1) is 23.4 Å². The Kier molecular flexibility index (Phi) is 6.98. The van der Waals surface area contributed by atoms with Gasteiger partial charge in [-0.2, -0.15) is 0 Å². The molecule has 0 bridgehead atoms. The molecule has 1 amide bonds. The summed E-state index contributed by atoms with van der Waals surface area (Å²) in [5, 5.41) is 14.0. The quantitative estimate of drug-likeness (QED) is 0.501. The van der Waals surface area contributed by atoms with Crippen molar-refractivity contribution in [3.63, 3.8) is 0 Å². The number of alkyl halides is 1. The lowest BCUT2D eigenvalue weighted by Gasteiger charge is -2.33. The van der Waals surface area contributed by atoms with E-state index < -0.39 is 33.4 Å². The van der Waals surface area contributed by atoms with Crippen LogP contribution in [0, 0.1) is 12.3 Å². The zero-order valence-electron chi connectivity index (χ0n) is 17.9. The van der Waals surface area contributed by atoms with E-state index in [9.17, 15) is 18.3 Å². The van der Waals surface area contributed by atoms with Gasteiger partial charge in [0, 0.05) is 22.9 Å². The normalized spacial score (nSPS) is 21.6. The number of halogens is 1. The Morgan fingerprint density at radius 3 is 2.71 bits per heavy atom. The maximum absolute atomic E-state index is 13.1. The topological polar surface area (TPSA) is 92.7 Å². The smallest absolute Gasteiger partial charge is 0.411 e. The van der Waals surface area contributed by atoms with Crippen LogP contribution in [-0.4, -0.2) is 44.0 Å². The SMILES string of the molecule is Cc1ccc2c(c1)[C@@H](c1cccc(NC(=O)OCCCCl)c1)[C@@H](O)C(C)(C)CS2(=O)=O. The predicted molar refractivity (Wildman–Crippen MR) is 122 cm³/mol. The number of rotatable bonds is 5. The Balaban J connectivity index is 2.04. The summed E-state index contributed by atoms with van der Waals surface area (Å²) in [6.45, 7) is 5.63. The van der Waals surface area contributed by atoms with Gasteiger partial charge in [-0.1, -0.05) is 43.7 Å². The number of anilines is 1. The zero-order chi connectivity index (χ0) is 22.8. The second-order valence-corrected chi connectivity index (χ2v) is 11.0. The van der Waals surface area contributed by atoms with Crippen LogP contribution in [0.2, 0.25) is 0 Å². The molecule has 0 saturated carbocycles. The Hall–Kier alpha value is -2.09. The fraction of sp³-hybridized carbons (Fsp3) is 0.435. The Bertz CT molecular complexity index is 1070. The number of benzene rings is 2. The van der Waals surface area contributed by atoms with Crippen molar-refractivity contribution in [3.05, 3.63) is 59.2 Å². The van der Waals surface area contributed by atoms with Crippen LogP contribution in [-0.2, 0) is 14.6 Å². The summed E-state index contributed by atoms with van der Waals surface area (Å²) in [4.78, 5) is 12.3. The van der Waals surface area contributed by atoms with Crippen LogP contribution in [0.25, 0.3) is 0 Å². The molecule has 6 nitrogen and oxygen atoms in total. The molecule has 168 valence electrons. The molecule has 1 aliphatic heterocycles. The Labute approximate surface area is 188 Å².